The topological polar surface area (TPSA) is 40.6 Å². The summed E-state index contributed by atoms with van der Waals surface area (Å²) in [5.41, 5.74) is -1.84. The molecule has 2 amide bonds. The SMILES string of the molecule is CC(C)N(C(=O)C12C3C4C1C1(c5cccc(C(F)(F)F)c5)C2C3C41C(=O)N(C(C)C)C(C)C)C(C)C. The third-order valence-corrected chi connectivity index (χ3v) is 10.9. The van der Waals surface area contributed by atoms with Crippen LogP contribution in [-0.2, 0) is 21.2 Å². The van der Waals surface area contributed by atoms with E-state index in [1.165, 1.54) is 12.1 Å². The summed E-state index contributed by atoms with van der Waals surface area (Å²) in [7, 11) is 0. The molecule has 7 rings (SSSR count). The van der Waals surface area contributed by atoms with Crippen LogP contribution in [0.25, 0.3) is 0 Å². The molecule has 1 aromatic carbocycles. The van der Waals surface area contributed by atoms with Gasteiger partial charge in [-0.05, 0) is 96.6 Å². The summed E-state index contributed by atoms with van der Waals surface area (Å²) < 4.78 is 41.2. The van der Waals surface area contributed by atoms with Crippen molar-refractivity contribution in [2.24, 2.45) is 40.4 Å². The predicted octanol–water partition coefficient (Wildman–Crippen LogP) is 5.36. The molecule has 6 fully saturated rings. The van der Waals surface area contributed by atoms with Gasteiger partial charge in [0.25, 0.3) is 0 Å². The van der Waals surface area contributed by atoms with Crippen LogP contribution in [0, 0.1) is 40.4 Å². The number of carbonyl (C=O) groups excluding carboxylic acids is 2. The fourth-order valence-corrected chi connectivity index (χ4v) is 10.7. The molecule has 196 valence electrons. The highest BCUT2D eigenvalue weighted by Gasteiger charge is 3.18. The fraction of sp³-hybridized carbons (Fsp3) is 0.724. The van der Waals surface area contributed by atoms with Crippen LogP contribution >= 0.6 is 0 Å². The van der Waals surface area contributed by atoms with Crippen molar-refractivity contribution in [3.05, 3.63) is 35.4 Å². The summed E-state index contributed by atoms with van der Waals surface area (Å²) in [5.74, 6) is 0.608. The first kappa shape index (κ1) is 24.3. The van der Waals surface area contributed by atoms with Gasteiger partial charge in [0.1, 0.15) is 0 Å². The minimum atomic E-state index is -4.45. The lowest BCUT2D eigenvalue weighted by Crippen LogP contribution is -3.18. The van der Waals surface area contributed by atoms with Gasteiger partial charge in [-0.3, -0.25) is 9.59 Å². The maximum Gasteiger partial charge on any atom is 0.416 e. The minimum Gasteiger partial charge on any atom is -0.337 e. The van der Waals surface area contributed by atoms with Crippen LogP contribution < -0.4 is 0 Å². The largest absolute Gasteiger partial charge is 0.416 e. The lowest BCUT2D eigenvalue weighted by atomic mass is 8.87. The van der Waals surface area contributed by atoms with E-state index in [4.69, 9.17) is 0 Å². The van der Waals surface area contributed by atoms with Gasteiger partial charge < -0.3 is 9.80 Å². The summed E-state index contributed by atoms with van der Waals surface area (Å²) in [4.78, 5) is 32.3. The molecule has 0 aromatic heterocycles. The third-order valence-electron chi connectivity index (χ3n) is 10.9. The molecule has 7 heteroatoms. The van der Waals surface area contributed by atoms with Gasteiger partial charge >= 0.3 is 6.18 Å². The van der Waals surface area contributed by atoms with Gasteiger partial charge in [0.2, 0.25) is 11.8 Å². The predicted molar refractivity (Wildman–Crippen MR) is 130 cm³/mol. The highest BCUT2D eigenvalue weighted by Crippen LogP contribution is 3.14. The number of hydrogen-bond donors (Lipinski definition) is 0. The Kier molecular flexibility index (Phi) is 4.51. The number of alkyl halides is 3. The van der Waals surface area contributed by atoms with Crippen LogP contribution in [0.1, 0.15) is 66.5 Å². The van der Waals surface area contributed by atoms with Gasteiger partial charge in [-0.15, -0.1) is 0 Å². The van der Waals surface area contributed by atoms with Crippen molar-refractivity contribution in [2.45, 2.75) is 91.1 Å². The second-order valence-corrected chi connectivity index (χ2v) is 13.1. The first-order valence-electron chi connectivity index (χ1n) is 13.5. The van der Waals surface area contributed by atoms with Gasteiger partial charge in [-0.25, -0.2) is 0 Å². The van der Waals surface area contributed by atoms with Crippen molar-refractivity contribution < 1.29 is 22.8 Å². The molecule has 0 spiro atoms. The summed E-state index contributed by atoms with van der Waals surface area (Å²) in [6.45, 7) is 16.1. The van der Waals surface area contributed by atoms with Crippen molar-refractivity contribution >= 4 is 11.8 Å². The van der Waals surface area contributed by atoms with Crippen molar-refractivity contribution in [3.8, 4) is 0 Å². The van der Waals surface area contributed by atoms with Gasteiger partial charge in [0.05, 0.1) is 16.4 Å². The Labute approximate surface area is 211 Å². The van der Waals surface area contributed by atoms with Crippen molar-refractivity contribution in [2.75, 3.05) is 0 Å². The van der Waals surface area contributed by atoms with Crippen molar-refractivity contribution in [1.82, 2.24) is 9.80 Å². The summed E-state index contributed by atoms with van der Waals surface area (Å²) in [6, 6.07) is 5.74. The molecule has 36 heavy (non-hydrogen) atoms. The zero-order chi connectivity index (χ0) is 26.5. The Bertz CT molecular complexity index is 1130. The average Bonchev–Trinajstić information content (AvgIpc) is 2.76. The number of halogens is 3. The molecular formula is C29H37F3N2O2. The second kappa shape index (κ2) is 6.68. The Balaban J connectivity index is 1.46. The van der Waals surface area contributed by atoms with E-state index in [-0.39, 0.29) is 65.6 Å². The van der Waals surface area contributed by atoms with Crippen molar-refractivity contribution in [3.63, 3.8) is 0 Å². The Morgan fingerprint density at radius 2 is 1.25 bits per heavy atom. The maximum atomic E-state index is 14.3. The molecule has 1 aromatic rings. The second-order valence-electron chi connectivity index (χ2n) is 13.1. The quantitative estimate of drug-likeness (QED) is 0.504. The third kappa shape index (κ3) is 2.02. The highest BCUT2D eigenvalue weighted by molar-refractivity contribution is 6.04. The molecule has 6 aliphatic rings. The van der Waals surface area contributed by atoms with Gasteiger partial charge in [0.15, 0.2) is 0 Å². The number of amides is 2. The van der Waals surface area contributed by atoms with E-state index in [9.17, 15) is 22.8 Å². The Hall–Kier alpha value is -2.05. The zero-order valence-corrected chi connectivity index (χ0v) is 22.4. The molecule has 6 aliphatic carbocycles. The first-order valence-corrected chi connectivity index (χ1v) is 13.5. The molecule has 0 saturated heterocycles. The zero-order valence-electron chi connectivity index (χ0n) is 22.4. The van der Waals surface area contributed by atoms with Crippen LogP contribution in [-0.4, -0.2) is 45.8 Å². The minimum absolute atomic E-state index is 0.00431. The normalized spacial score (nSPS) is 40.2. The molecule has 6 saturated carbocycles. The van der Waals surface area contributed by atoms with E-state index in [0.29, 0.717) is 5.56 Å². The van der Waals surface area contributed by atoms with Crippen molar-refractivity contribution in [1.29, 1.82) is 0 Å². The van der Waals surface area contributed by atoms with Crippen LogP contribution in [0.15, 0.2) is 24.3 Å². The number of carbonyl (C=O) groups is 2. The van der Waals surface area contributed by atoms with E-state index < -0.39 is 28.0 Å². The lowest BCUT2D eigenvalue weighted by Gasteiger charge is -3.14. The highest BCUT2D eigenvalue weighted by atomic mass is 19.4. The molecule has 4 nitrogen and oxygen atoms in total. The smallest absolute Gasteiger partial charge is 0.337 e. The van der Waals surface area contributed by atoms with Crippen LogP contribution in [0.4, 0.5) is 13.2 Å². The number of nitrogens with zero attached hydrogens (tertiary/aromatic N) is 2. The summed E-state index contributed by atoms with van der Waals surface area (Å²) >= 11 is 0. The average molecular weight is 503 g/mol. The molecule has 0 N–H and O–H groups in total. The van der Waals surface area contributed by atoms with E-state index >= 15 is 0 Å². The van der Waals surface area contributed by atoms with E-state index in [2.05, 4.69) is 0 Å². The van der Waals surface area contributed by atoms with Crippen LogP contribution in [0.2, 0.25) is 0 Å². The molecule has 0 bridgehead atoms. The molecule has 0 heterocycles. The first-order chi connectivity index (χ1) is 16.7. The molecule has 0 aliphatic heterocycles. The maximum absolute atomic E-state index is 14.3. The molecule has 4 unspecified atom stereocenters. The standard InChI is InChI=1S/C29H37F3N2O2/c1-13(2)33(14(3)4)24(35)26-19-20-22(26)27(17-10-9-11-18(12-17)29(30,31)32)23(26)21(19)28(20,27)25(36)34(15(5)6)16(7)8/h9-16,19-23H,1-8H3. The Morgan fingerprint density at radius 3 is 1.69 bits per heavy atom. The number of rotatable bonds is 7. The van der Waals surface area contributed by atoms with Gasteiger partial charge in [-0.1, -0.05) is 18.2 Å². The monoisotopic (exact) mass is 502 g/mol. The molecule has 4 atom stereocenters. The summed E-state index contributed by atoms with van der Waals surface area (Å²) in [6.07, 6.45) is -4.45. The van der Waals surface area contributed by atoms with E-state index in [1.54, 1.807) is 6.07 Å². The molecule has 0 radical (unpaired) electrons. The lowest BCUT2D eigenvalue weighted by molar-refractivity contribution is -0.641. The Morgan fingerprint density at radius 1 is 0.778 bits per heavy atom. The van der Waals surface area contributed by atoms with E-state index in [0.717, 1.165) is 6.07 Å². The number of benzene rings is 1. The number of hydrogen-bond acceptors (Lipinski definition) is 2. The van der Waals surface area contributed by atoms with Crippen LogP contribution in [0.5, 0.6) is 0 Å². The van der Waals surface area contributed by atoms with Gasteiger partial charge in [0, 0.05) is 29.6 Å². The van der Waals surface area contributed by atoms with Crippen LogP contribution in [0.3, 0.4) is 0 Å². The fourth-order valence-electron chi connectivity index (χ4n) is 10.7. The van der Waals surface area contributed by atoms with E-state index in [1.807, 2.05) is 65.2 Å². The van der Waals surface area contributed by atoms with Gasteiger partial charge in [-0.2, -0.15) is 13.2 Å². The summed E-state index contributed by atoms with van der Waals surface area (Å²) in [5, 5.41) is 0. The molecular weight excluding hydrogens is 465 g/mol.